The minimum absolute atomic E-state index is 0.289. The molecule has 7 heavy (non-hydrogen) atoms. The minimum Gasteiger partial charge on any atom is -0.393 e. The van der Waals surface area contributed by atoms with Gasteiger partial charge in [0.2, 0.25) is 6.43 Å². The second kappa shape index (κ2) is 1.40. The van der Waals surface area contributed by atoms with Gasteiger partial charge >= 0.3 is 0 Å². The van der Waals surface area contributed by atoms with E-state index in [1.165, 1.54) is 0 Å². The summed E-state index contributed by atoms with van der Waals surface area (Å²) in [6.45, 7) is 0. The molecule has 0 heterocycles. The van der Waals surface area contributed by atoms with E-state index in [0.29, 0.717) is 0 Å². The van der Waals surface area contributed by atoms with Crippen LogP contribution in [0, 0.1) is 5.92 Å². The predicted octanol–water partition coefficient (Wildman–Crippen LogP) is 0.632. The van der Waals surface area contributed by atoms with Gasteiger partial charge in [-0.05, 0) is 6.42 Å². The molecule has 2 unspecified atom stereocenters. The molecule has 0 radical (unpaired) electrons. The monoisotopic (exact) mass is 108 g/mol. The smallest absolute Gasteiger partial charge is 0.244 e. The lowest BCUT2D eigenvalue weighted by molar-refractivity contribution is 0.0973. The van der Waals surface area contributed by atoms with Crippen LogP contribution in [0.1, 0.15) is 6.42 Å². The van der Waals surface area contributed by atoms with Crippen molar-refractivity contribution in [2.75, 3.05) is 0 Å². The van der Waals surface area contributed by atoms with Crippen LogP contribution in [0.5, 0.6) is 0 Å². The first kappa shape index (κ1) is 4.97. The lowest BCUT2D eigenvalue weighted by Gasteiger charge is -1.87. The highest BCUT2D eigenvalue weighted by molar-refractivity contribution is 4.87. The fourth-order valence-corrected chi connectivity index (χ4v) is 0.471. The molecular formula is C4H6F2O. The van der Waals surface area contributed by atoms with Gasteiger partial charge in [0.1, 0.15) is 0 Å². The summed E-state index contributed by atoms with van der Waals surface area (Å²) in [6, 6.07) is 0. The van der Waals surface area contributed by atoms with Crippen LogP contribution in [0.3, 0.4) is 0 Å². The first-order valence-corrected chi connectivity index (χ1v) is 2.18. The number of aliphatic hydroxyl groups excluding tert-OH is 1. The Morgan fingerprint density at radius 3 is 2.00 bits per heavy atom. The van der Waals surface area contributed by atoms with E-state index in [4.69, 9.17) is 5.11 Å². The molecular weight excluding hydrogens is 102 g/mol. The number of aliphatic hydroxyl groups is 1. The van der Waals surface area contributed by atoms with Crippen LogP contribution in [-0.2, 0) is 0 Å². The van der Waals surface area contributed by atoms with Gasteiger partial charge in [0.25, 0.3) is 0 Å². The quantitative estimate of drug-likeness (QED) is 0.522. The number of hydrogen-bond acceptors (Lipinski definition) is 1. The molecule has 1 saturated carbocycles. The third-order valence-electron chi connectivity index (χ3n) is 1.13. The van der Waals surface area contributed by atoms with Crippen molar-refractivity contribution in [3.05, 3.63) is 0 Å². The summed E-state index contributed by atoms with van der Waals surface area (Å²) >= 11 is 0. The first-order chi connectivity index (χ1) is 3.22. The van der Waals surface area contributed by atoms with E-state index in [1.807, 2.05) is 0 Å². The summed E-state index contributed by atoms with van der Waals surface area (Å²) in [4.78, 5) is 0. The summed E-state index contributed by atoms with van der Waals surface area (Å²) in [5.41, 5.74) is 0. The fourth-order valence-electron chi connectivity index (χ4n) is 0.471. The molecule has 42 valence electrons. The fraction of sp³-hybridized carbons (Fsp3) is 1.00. The number of rotatable bonds is 1. The molecule has 0 saturated heterocycles. The Morgan fingerprint density at radius 2 is 2.00 bits per heavy atom. The van der Waals surface area contributed by atoms with E-state index in [-0.39, 0.29) is 6.42 Å². The van der Waals surface area contributed by atoms with Crippen molar-refractivity contribution in [2.24, 2.45) is 5.92 Å². The van der Waals surface area contributed by atoms with Crippen LogP contribution >= 0.6 is 0 Å². The molecule has 1 nitrogen and oxygen atoms in total. The topological polar surface area (TPSA) is 20.2 Å². The predicted molar refractivity (Wildman–Crippen MR) is 20.1 cm³/mol. The van der Waals surface area contributed by atoms with Gasteiger partial charge in [-0.1, -0.05) is 0 Å². The van der Waals surface area contributed by atoms with Gasteiger partial charge in [0.05, 0.1) is 6.10 Å². The number of hydrogen-bond donors (Lipinski definition) is 1. The summed E-state index contributed by atoms with van der Waals surface area (Å²) in [5, 5.41) is 8.32. The van der Waals surface area contributed by atoms with E-state index >= 15 is 0 Å². The summed E-state index contributed by atoms with van der Waals surface area (Å²) < 4.78 is 22.6. The van der Waals surface area contributed by atoms with E-state index in [1.54, 1.807) is 0 Å². The Labute approximate surface area is 40.0 Å². The van der Waals surface area contributed by atoms with Gasteiger partial charge < -0.3 is 5.11 Å². The average Bonchev–Trinajstić information content (AvgIpc) is 2.17. The Hall–Kier alpha value is -0.180. The van der Waals surface area contributed by atoms with Gasteiger partial charge in [-0.3, -0.25) is 0 Å². The zero-order chi connectivity index (χ0) is 5.44. The lowest BCUT2D eigenvalue weighted by Crippen LogP contribution is -1.96. The van der Waals surface area contributed by atoms with Gasteiger partial charge in [-0.2, -0.15) is 0 Å². The number of halogens is 2. The third kappa shape index (κ3) is 0.881. The molecule has 0 amide bonds. The second-order valence-corrected chi connectivity index (χ2v) is 1.80. The van der Waals surface area contributed by atoms with Crippen LogP contribution in [0.2, 0.25) is 0 Å². The largest absolute Gasteiger partial charge is 0.393 e. The highest BCUT2D eigenvalue weighted by atomic mass is 19.3. The Morgan fingerprint density at radius 1 is 1.57 bits per heavy atom. The van der Waals surface area contributed by atoms with Crippen molar-refractivity contribution in [1.29, 1.82) is 0 Å². The molecule has 0 aromatic heterocycles. The lowest BCUT2D eigenvalue weighted by atomic mass is 10.4. The minimum atomic E-state index is -2.31. The van der Waals surface area contributed by atoms with Crippen molar-refractivity contribution in [1.82, 2.24) is 0 Å². The van der Waals surface area contributed by atoms with Crippen LogP contribution in [0.4, 0.5) is 8.78 Å². The molecule has 1 aliphatic carbocycles. The van der Waals surface area contributed by atoms with Crippen molar-refractivity contribution in [3.8, 4) is 0 Å². The molecule has 1 fully saturated rings. The van der Waals surface area contributed by atoms with Gasteiger partial charge in [-0.15, -0.1) is 0 Å². The van der Waals surface area contributed by atoms with E-state index in [0.717, 1.165) is 0 Å². The molecule has 3 heteroatoms. The maximum atomic E-state index is 11.3. The summed E-state index contributed by atoms with van der Waals surface area (Å²) in [5.74, 6) is -0.708. The van der Waals surface area contributed by atoms with E-state index in [2.05, 4.69) is 0 Å². The SMILES string of the molecule is OC1CC1C(F)F. The number of alkyl halides is 2. The van der Waals surface area contributed by atoms with Crippen molar-refractivity contribution in [3.63, 3.8) is 0 Å². The van der Waals surface area contributed by atoms with Crippen LogP contribution < -0.4 is 0 Å². The Balaban J connectivity index is 2.20. The first-order valence-electron chi connectivity index (χ1n) is 2.18. The molecule has 0 aromatic carbocycles. The molecule has 0 spiro atoms. The highest BCUT2D eigenvalue weighted by Gasteiger charge is 2.42. The van der Waals surface area contributed by atoms with Crippen LogP contribution in [0.25, 0.3) is 0 Å². The van der Waals surface area contributed by atoms with Gasteiger partial charge in [-0.25, -0.2) is 8.78 Å². The normalized spacial score (nSPS) is 39.4. The molecule has 1 aliphatic rings. The zero-order valence-corrected chi connectivity index (χ0v) is 3.64. The van der Waals surface area contributed by atoms with Crippen molar-refractivity contribution >= 4 is 0 Å². The molecule has 0 aromatic rings. The van der Waals surface area contributed by atoms with E-state index in [9.17, 15) is 8.78 Å². The Bertz CT molecular complexity index is 74.1. The molecule has 1 N–H and O–H groups in total. The zero-order valence-electron chi connectivity index (χ0n) is 3.64. The maximum Gasteiger partial charge on any atom is 0.244 e. The third-order valence-corrected chi connectivity index (χ3v) is 1.13. The average molecular weight is 108 g/mol. The standard InChI is InChI=1S/C4H6F2O/c5-4(6)2-1-3(2)7/h2-4,7H,1H2. The molecule has 2 atom stereocenters. The van der Waals surface area contributed by atoms with Crippen LogP contribution in [-0.4, -0.2) is 17.6 Å². The molecule has 0 bridgehead atoms. The van der Waals surface area contributed by atoms with E-state index < -0.39 is 18.4 Å². The van der Waals surface area contributed by atoms with Gasteiger partial charge in [0.15, 0.2) is 0 Å². The summed E-state index contributed by atoms with van der Waals surface area (Å²) in [6.07, 6.45) is -2.73. The molecule has 1 rings (SSSR count). The molecule has 0 aliphatic heterocycles. The second-order valence-electron chi connectivity index (χ2n) is 1.80. The van der Waals surface area contributed by atoms with Crippen molar-refractivity contribution < 1.29 is 13.9 Å². The Kier molecular flexibility index (Phi) is 0.995. The highest BCUT2D eigenvalue weighted by Crippen LogP contribution is 2.35. The summed E-state index contributed by atoms with van der Waals surface area (Å²) in [7, 11) is 0. The maximum absolute atomic E-state index is 11.3. The van der Waals surface area contributed by atoms with Crippen LogP contribution in [0.15, 0.2) is 0 Å². The van der Waals surface area contributed by atoms with Crippen molar-refractivity contribution in [2.45, 2.75) is 19.0 Å². The van der Waals surface area contributed by atoms with Gasteiger partial charge in [0, 0.05) is 5.92 Å².